The maximum atomic E-state index is 11.0. The molecule has 5 heteroatoms. The molecule has 108 valence electrons. The zero-order valence-corrected chi connectivity index (χ0v) is 11.6. The van der Waals surface area contributed by atoms with Crippen LogP contribution in [0.3, 0.4) is 0 Å². The highest BCUT2D eigenvalue weighted by atomic mass is 16.4. The number of carbonyl (C=O) groups is 1. The van der Waals surface area contributed by atoms with Crippen molar-refractivity contribution in [3.05, 3.63) is 47.9 Å². The van der Waals surface area contributed by atoms with Gasteiger partial charge in [0.2, 0.25) is 0 Å². The highest BCUT2D eigenvalue weighted by Gasteiger charge is 2.15. The van der Waals surface area contributed by atoms with E-state index in [1.807, 2.05) is 6.07 Å². The van der Waals surface area contributed by atoms with Gasteiger partial charge in [0.25, 0.3) is 0 Å². The number of carboxylic acid groups (broad SMARTS) is 1. The summed E-state index contributed by atoms with van der Waals surface area (Å²) < 4.78 is 0. The smallest absolute Gasteiger partial charge is 0.335 e. The van der Waals surface area contributed by atoms with Gasteiger partial charge in [0.15, 0.2) is 0 Å². The van der Waals surface area contributed by atoms with E-state index >= 15 is 0 Å². The van der Waals surface area contributed by atoms with Crippen LogP contribution in [0.5, 0.6) is 0 Å². The van der Waals surface area contributed by atoms with E-state index in [1.165, 1.54) is 6.42 Å². The second-order valence-electron chi connectivity index (χ2n) is 5.34. The van der Waals surface area contributed by atoms with E-state index in [-0.39, 0.29) is 5.56 Å². The van der Waals surface area contributed by atoms with Crippen molar-refractivity contribution < 1.29 is 9.90 Å². The normalized spacial score (nSPS) is 17.8. The Morgan fingerprint density at radius 3 is 2.90 bits per heavy atom. The average molecular weight is 283 g/mol. The monoisotopic (exact) mass is 283 g/mol. The Bertz CT molecular complexity index is 634. The minimum absolute atomic E-state index is 0.260. The van der Waals surface area contributed by atoms with Gasteiger partial charge in [-0.2, -0.15) is 0 Å². The Labute approximate surface area is 123 Å². The zero-order chi connectivity index (χ0) is 14.7. The molecule has 1 aliphatic rings. The van der Waals surface area contributed by atoms with Gasteiger partial charge in [-0.15, -0.1) is 0 Å². The van der Waals surface area contributed by atoms with Gasteiger partial charge in [-0.1, -0.05) is 12.1 Å². The summed E-state index contributed by atoms with van der Waals surface area (Å²) >= 11 is 0. The Hall–Kier alpha value is -2.27. The van der Waals surface area contributed by atoms with Crippen molar-refractivity contribution in [2.24, 2.45) is 5.92 Å². The van der Waals surface area contributed by atoms with E-state index in [2.05, 4.69) is 15.3 Å². The van der Waals surface area contributed by atoms with Crippen LogP contribution in [0, 0.1) is 5.92 Å². The lowest BCUT2D eigenvalue weighted by molar-refractivity contribution is 0.0697. The van der Waals surface area contributed by atoms with Crippen LogP contribution in [0.1, 0.15) is 22.5 Å². The van der Waals surface area contributed by atoms with Gasteiger partial charge < -0.3 is 10.4 Å². The Morgan fingerprint density at radius 1 is 1.33 bits per heavy atom. The van der Waals surface area contributed by atoms with Crippen LogP contribution >= 0.6 is 0 Å². The first kappa shape index (κ1) is 13.7. The van der Waals surface area contributed by atoms with Crippen LogP contribution in [0.15, 0.2) is 36.7 Å². The number of nitrogens with zero attached hydrogens (tertiary/aromatic N) is 2. The molecule has 2 aromatic rings. The van der Waals surface area contributed by atoms with E-state index in [4.69, 9.17) is 5.11 Å². The van der Waals surface area contributed by atoms with Crippen LogP contribution in [-0.4, -0.2) is 34.1 Å². The van der Waals surface area contributed by atoms with Gasteiger partial charge in [0.05, 0.1) is 23.1 Å². The first-order valence-electron chi connectivity index (χ1n) is 7.08. The molecule has 1 atom stereocenters. The topological polar surface area (TPSA) is 75.1 Å². The van der Waals surface area contributed by atoms with Crippen molar-refractivity contribution >= 4 is 5.97 Å². The maximum Gasteiger partial charge on any atom is 0.335 e. The molecule has 0 bridgehead atoms. The quantitative estimate of drug-likeness (QED) is 0.897. The third-order valence-electron chi connectivity index (χ3n) is 3.77. The Kier molecular flexibility index (Phi) is 3.92. The first-order chi connectivity index (χ1) is 10.2. The number of aromatic carboxylic acids is 1. The molecule has 0 amide bonds. The molecule has 1 aliphatic heterocycles. The summed E-state index contributed by atoms with van der Waals surface area (Å²) in [5.41, 5.74) is 2.72. The molecular formula is C16H17N3O2. The summed E-state index contributed by atoms with van der Waals surface area (Å²) in [5.74, 6) is -0.296. The lowest BCUT2D eigenvalue weighted by atomic mass is 10.0. The molecule has 0 unspecified atom stereocenters. The molecule has 21 heavy (non-hydrogen) atoms. The third-order valence-corrected chi connectivity index (χ3v) is 3.77. The van der Waals surface area contributed by atoms with E-state index in [0.717, 1.165) is 30.8 Å². The number of hydrogen-bond donors (Lipinski definition) is 2. The molecule has 3 rings (SSSR count). The highest BCUT2D eigenvalue weighted by molar-refractivity contribution is 5.89. The highest BCUT2D eigenvalue weighted by Crippen LogP contribution is 2.19. The van der Waals surface area contributed by atoms with Gasteiger partial charge >= 0.3 is 5.97 Å². The lowest BCUT2D eigenvalue weighted by Gasteiger charge is -2.08. The number of aromatic nitrogens is 2. The summed E-state index contributed by atoms with van der Waals surface area (Å²) in [6.45, 7) is 2.13. The molecular weight excluding hydrogens is 266 g/mol. The van der Waals surface area contributed by atoms with E-state index < -0.39 is 5.97 Å². The molecule has 2 heterocycles. The number of nitrogens with one attached hydrogen (secondary N) is 1. The van der Waals surface area contributed by atoms with E-state index in [9.17, 15) is 4.79 Å². The maximum absolute atomic E-state index is 11.0. The molecule has 0 radical (unpaired) electrons. The van der Waals surface area contributed by atoms with Gasteiger partial charge in [0.1, 0.15) is 0 Å². The number of carboxylic acids is 1. The standard InChI is InChI=1S/C16H17N3O2/c20-16(21)13-3-1-2-12(7-13)15-10-18-14(9-19-15)6-11-4-5-17-8-11/h1-3,7,9-11,17H,4-6,8H2,(H,20,21)/t11-/m0/s1. The fourth-order valence-corrected chi connectivity index (χ4v) is 2.61. The van der Waals surface area contributed by atoms with Crippen molar-refractivity contribution in [2.45, 2.75) is 12.8 Å². The predicted molar refractivity (Wildman–Crippen MR) is 79.1 cm³/mol. The lowest BCUT2D eigenvalue weighted by Crippen LogP contribution is -2.11. The Morgan fingerprint density at radius 2 is 2.24 bits per heavy atom. The number of hydrogen-bond acceptors (Lipinski definition) is 4. The number of benzene rings is 1. The summed E-state index contributed by atoms with van der Waals surface area (Å²) in [6, 6.07) is 6.75. The number of rotatable bonds is 4. The van der Waals surface area contributed by atoms with Crippen molar-refractivity contribution in [3.63, 3.8) is 0 Å². The summed E-state index contributed by atoms with van der Waals surface area (Å²) in [6.07, 6.45) is 5.64. The fraction of sp³-hybridized carbons (Fsp3) is 0.312. The average Bonchev–Trinajstić information content (AvgIpc) is 3.01. The summed E-state index contributed by atoms with van der Waals surface area (Å²) in [5, 5.41) is 12.4. The molecule has 0 spiro atoms. The van der Waals surface area contributed by atoms with Crippen LogP contribution in [0.25, 0.3) is 11.3 Å². The van der Waals surface area contributed by atoms with Gasteiger partial charge in [-0.05, 0) is 44.0 Å². The SMILES string of the molecule is O=C(O)c1cccc(-c2cnc(C[C@@H]3CCNC3)cn2)c1. The van der Waals surface area contributed by atoms with Crippen molar-refractivity contribution in [3.8, 4) is 11.3 Å². The molecule has 0 aliphatic carbocycles. The van der Waals surface area contributed by atoms with Gasteiger partial charge in [-0.3, -0.25) is 9.97 Å². The largest absolute Gasteiger partial charge is 0.478 e. The second kappa shape index (κ2) is 6.01. The van der Waals surface area contributed by atoms with Gasteiger partial charge in [0, 0.05) is 11.8 Å². The molecule has 1 aromatic heterocycles. The minimum atomic E-state index is -0.935. The summed E-state index contributed by atoms with van der Waals surface area (Å²) in [7, 11) is 0. The van der Waals surface area contributed by atoms with Crippen LogP contribution in [0.2, 0.25) is 0 Å². The predicted octanol–water partition coefficient (Wildman–Crippen LogP) is 1.99. The van der Waals surface area contributed by atoms with E-state index in [0.29, 0.717) is 11.6 Å². The van der Waals surface area contributed by atoms with Crippen LogP contribution in [0.4, 0.5) is 0 Å². The summed E-state index contributed by atoms with van der Waals surface area (Å²) in [4.78, 5) is 19.9. The molecule has 0 saturated carbocycles. The molecule has 1 aromatic carbocycles. The van der Waals surface area contributed by atoms with Crippen LogP contribution < -0.4 is 5.32 Å². The fourth-order valence-electron chi connectivity index (χ4n) is 2.61. The minimum Gasteiger partial charge on any atom is -0.478 e. The molecule has 1 fully saturated rings. The van der Waals surface area contributed by atoms with Crippen molar-refractivity contribution in [2.75, 3.05) is 13.1 Å². The first-order valence-corrected chi connectivity index (χ1v) is 7.08. The Balaban J connectivity index is 1.77. The third kappa shape index (κ3) is 3.25. The van der Waals surface area contributed by atoms with Gasteiger partial charge in [-0.25, -0.2) is 4.79 Å². The van der Waals surface area contributed by atoms with Crippen LogP contribution in [-0.2, 0) is 6.42 Å². The second-order valence-corrected chi connectivity index (χ2v) is 5.34. The van der Waals surface area contributed by atoms with E-state index in [1.54, 1.807) is 30.6 Å². The molecule has 1 saturated heterocycles. The molecule has 2 N–H and O–H groups in total. The van der Waals surface area contributed by atoms with Crippen molar-refractivity contribution in [1.82, 2.24) is 15.3 Å². The van der Waals surface area contributed by atoms with Crippen molar-refractivity contribution in [1.29, 1.82) is 0 Å². The molecule has 5 nitrogen and oxygen atoms in total. The zero-order valence-electron chi connectivity index (χ0n) is 11.6.